The van der Waals surface area contributed by atoms with Crippen LogP contribution in [0.2, 0.25) is 0 Å². The lowest BCUT2D eigenvalue weighted by Gasteiger charge is -1.83. The normalized spacial score (nSPS) is 8.91. The van der Waals surface area contributed by atoms with Gasteiger partial charge >= 0.3 is 0 Å². The van der Waals surface area contributed by atoms with E-state index < -0.39 is 0 Å². The molecular weight excluding hydrogens is 134 g/mol. The first-order chi connectivity index (χ1) is 5.47. The van der Waals surface area contributed by atoms with Crippen LogP contribution in [0.15, 0.2) is 36.5 Å². The van der Waals surface area contributed by atoms with E-state index in [0.29, 0.717) is 0 Å². The minimum atomic E-state index is 1.21. The van der Waals surface area contributed by atoms with Gasteiger partial charge in [-0.1, -0.05) is 32.0 Å². The molecule has 0 bridgehead atoms. The molecule has 1 heteroatoms. The monoisotopic (exact) mass is 147 g/mol. The summed E-state index contributed by atoms with van der Waals surface area (Å²) >= 11 is 0. The number of benzene rings is 1. The maximum Gasteiger partial charge on any atom is 0.0453 e. The molecule has 1 aromatic heterocycles. The van der Waals surface area contributed by atoms with Crippen molar-refractivity contribution < 1.29 is 0 Å². The highest BCUT2D eigenvalue weighted by Gasteiger charge is 1.86. The van der Waals surface area contributed by atoms with E-state index in [-0.39, 0.29) is 0 Å². The minimum absolute atomic E-state index is 1.21. The number of rotatable bonds is 0. The molecule has 0 spiro atoms. The van der Waals surface area contributed by atoms with Gasteiger partial charge in [0.2, 0.25) is 0 Å². The second kappa shape index (κ2) is 3.81. The van der Waals surface area contributed by atoms with Crippen molar-refractivity contribution >= 4 is 10.9 Å². The SMILES string of the molecule is CC.c1ccc2[nH]ccc2c1. The topological polar surface area (TPSA) is 15.8 Å². The number of nitrogens with one attached hydrogen (secondary N) is 1. The quantitative estimate of drug-likeness (QED) is 0.589. The fraction of sp³-hybridized carbons (Fsp3) is 0.200. The number of hydrogen-bond donors (Lipinski definition) is 1. The molecule has 1 heterocycles. The van der Waals surface area contributed by atoms with Gasteiger partial charge in [0, 0.05) is 11.7 Å². The van der Waals surface area contributed by atoms with Crippen LogP contribution in [0.5, 0.6) is 0 Å². The third kappa shape index (κ3) is 1.61. The molecule has 1 aromatic carbocycles. The van der Waals surface area contributed by atoms with Gasteiger partial charge in [-0.05, 0) is 17.5 Å². The van der Waals surface area contributed by atoms with Crippen LogP contribution in [0.4, 0.5) is 0 Å². The van der Waals surface area contributed by atoms with Crippen molar-refractivity contribution in [2.75, 3.05) is 0 Å². The zero-order chi connectivity index (χ0) is 8.10. The van der Waals surface area contributed by atoms with Crippen LogP contribution >= 0.6 is 0 Å². The van der Waals surface area contributed by atoms with E-state index in [0.717, 1.165) is 0 Å². The Labute approximate surface area is 67.1 Å². The van der Waals surface area contributed by atoms with Crippen molar-refractivity contribution in [2.45, 2.75) is 13.8 Å². The summed E-state index contributed by atoms with van der Waals surface area (Å²) in [4.78, 5) is 3.12. The van der Waals surface area contributed by atoms with Crippen LogP contribution < -0.4 is 0 Å². The molecular formula is C10H13N. The van der Waals surface area contributed by atoms with Crippen molar-refractivity contribution in [3.8, 4) is 0 Å². The lowest BCUT2D eigenvalue weighted by Crippen LogP contribution is -1.61. The Kier molecular flexibility index (Phi) is 2.73. The zero-order valence-corrected chi connectivity index (χ0v) is 6.96. The van der Waals surface area contributed by atoms with Crippen molar-refractivity contribution in [2.24, 2.45) is 0 Å². The van der Waals surface area contributed by atoms with Gasteiger partial charge in [-0.15, -0.1) is 0 Å². The summed E-state index contributed by atoms with van der Waals surface area (Å²) in [5.74, 6) is 0. The molecule has 0 radical (unpaired) electrons. The van der Waals surface area contributed by atoms with Gasteiger partial charge in [-0.3, -0.25) is 0 Å². The van der Waals surface area contributed by atoms with Gasteiger partial charge in [0.25, 0.3) is 0 Å². The summed E-state index contributed by atoms with van der Waals surface area (Å²) in [5, 5.41) is 1.28. The van der Waals surface area contributed by atoms with Crippen LogP contribution in [0, 0.1) is 0 Å². The molecule has 0 amide bonds. The molecule has 0 aliphatic heterocycles. The Morgan fingerprint density at radius 3 is 2.45 bits per heavy atom. The molecule has 0 atom stereocenters. The molecule has 2 aromatic rings. The summed E-state index contributed by atoms with van der Waals surface area (Å²) in [6, 6.07) is 10.3. The number of para-hydroxylation sites is 1. The van der Waals surface area contributed by atoms with E-state index in [1.54, 1.807) is 0 Å². The number of aromatic amines is 1. The minimum Gasteiger partial charge on any atom is -0.361 e. The van der Waals surface area contributed by atoms with E-state index >= 15 is 0 Å². The maximum atomic E-state index is 3.12. The first kappa shape index (κ1) is 7.86. The molecule has 0 aliphatic rings. The molecule has 0 saturated heterocycles. The fourth-order valence-corrected chi connectivity index (χ4v) is 0.995. The lowest BCUT2D eigenvalue weighted by molar-refractivity contribution is 1.48. The summed E-state index contributed by atoms with van der Waals surface area (Å²) in [7, 11) is 0. The van der Waals surface area contributed by atoms with E-state index in [4.69, 9.17) is 0 Å². The second-order valence-electron chi connectivity index (χ2n) is 2.06. The number of H-pyrrole nitrogens is 1. The number of fused-ring (bicyclic) bond motifs is 1. The van der Waals surface area contributed by atoms with E-state index in [1.807, 2.05) is 32.2 Å². The van der Waals surface area contributed by atoms with Gasteiger partial charge in [0.1, 0.15) is 0 Å². The predicted molar refractivity (Wildman–Crippen MR) is 49.6 cm³/mol. The van der Waals surface area contributed by atoms with Crippen molar-refractivity contribution in [1.29, 1.82) is 0 Å². The summed E-state index contributed by atoms with van der Waals surface area (Å²) in [5.41, 5.74) is 1.21. The highest BCUT2D eigenvalue weighted by molar-refractivity contribution is 5.78. The van der Waals surface area contributed by atoms with Crippen molar-refractivity contribution in [3.05, 3.63) is 36.5 Å². The van der Waals surface area contributed by atoms with Crippen LogP contribution in [0.3, 0.4) is 0 Å². The molecule has 11 heavy (non-hydrogen) atoms. The van der Waals surface area contributed by atoms with E-state index in [1.165, 1.54) is 10.9 Å². The largest absolute Gasteiger partial charge is 0.361 e. The van der Waals surface area contributed by atoms with Gasteiger partial charge in [-0.2, -0.15) is 0 Å². The standard InChI is InChI=1S/C8H7N.C2H6/c1-2-4-8-7(3-1)5-6-9-8;1-2/h1-6,9H;1-2H3. The van der Waals surface area contributed by atoms with Gasteiger partial charge < -0.3 is 4.98 Å². The third-order valence-electron chi connectivity index (χ3n) is 1.46. The van der Waals surface area contributed by atoms with Gasteiger partial charge in [0.05, 0.1) is 0 Å². The second-order valence-corrected chi connectivity index (χ2v) is 2.06. The Morgan fingerprint density at radius 1 is 1.00 bits per heavy atom. The van der Waals surface area contributed by atoms with Crippen LogP contribution in [-0.2, 0) is 0 Å². The molecule has 1 N–H and O–H groups in total. The van der Waals surface area contributed by atoms with E-state index in [9.17, 15) is 0 Å². The van der Waals surface area contributed by atoms with Crippen molar-refractivity contribution in [3.63, 3.8) is 0 Å². The van der Waals surface area contributed by atoms with Crippen molar-refractivity contribution in [1.82, 2.24) is 4.98 Å². The number of aromatic nitrogens is 1. The van der Waals surface area contributed by atoms with Gasteiger partial charge in [-0.25, -0.2) is 0 Å². The number of hydrogen-bond acceptors (Lipinski definition) is 0. The van der Waals surface area contributed by atoms with E-state index in [2.05, 4.69) is 23.2 Å². The maximum absolute atomic E-state index is 3.12. The Hall–Kier alpha value is -1.24. The van der Waals surface area contributed by atoms with Crippen LogP contribution in [-0.4, -0.2) is 4.98 Å². The van der Waals surface area contributed by atoms with Crippen LogP contribution in [0.25, 0.3) is 10.9 Å². The third-order valence-corrected chi connectivity index (χ3v) is 1.46. The molecule has 58 valence electrons. The molecule has 1 nitrogen and oxygen atoms in total. The molecule has 0 aliphatic carbocycles. The highest BCUT2D eigenvalue weighted by Crippen LogP contribution is 2.09. The summed E-state index contributed by atoms with van der Waals surface area (Å²) in [6.45, 7) is 4.00. The fourth-order valence-electron chi connectivity index (χ4n) is 0.995. The molecule has 2 rings (SSSR count). The highest BCUT2D eigenvalue weighted by atomic mass is 14.6. The average molecular weight is 147 g/mol. The smallest absolute Gasteiger partial charge is 0.0453 e. The first-order valence-electron chi connectivity index (χ1n) is 3.99. The Morgan fingerprint density at radius 2 is 1.73 bits per heavy atom. The zero-order valence-electron chi connectivity index (χ0n) is 6.96. The predicted octanol–water partition coefficient (Wildman–Crippen LogP) is 3.19. The molecule has 0 unspecified atom stereocenters. The Bertz CT molecular complexity index is 279. The molecule has 0 fully saturated rings. The summed E-state index contributed by atoms with van der Waals surface area (Å²) < 4.78 is 0. The average Bonchev–Trinajstić information content (AvgIpc) is 2.55. The molecule has 0 saturated carbocycles. The first-order valence-corrected chi connectivity index (χ1v) is 3.99. The van der Waals surface area contributed by atoms with Crippen LogP contribution in [0.1, 0.15) is 13.8 Å². The Balaban J connectivity index is 0.000000281. The summed E-state index contributed by atoms with van der Waals surface area (Å²) in [6.07, 6.45) is 1.95. The lowest BCUT2D eigenvalue weighted by atomic mass is 10.3. The van der Waals surface area contributed by atoms with Gasteiger partial charge in [0.15, 0.2) is 0 Å².